The summed E-state index contributed by atoms with van der Waals surface area (Å²) in [5.41, 5.74) is 6.77. The zero-order chi connectivity index (χ0) is 21.4. The maximum Gasteiger partial charge on any atom is 0.235 e. The molecule has 2 aromatic carbocycles. The van der Waals surface area contributed by atoms with Crippen molar-refractivity contribution in [3.63, 3.8) is 0 Å². The molecule has 0 saturated carbocycles. The maximum atomic E-state index is 14.1. The van der Waals surface area contributed by atoms with Gasteiger partial charge in [-0.05, 0) is 31.2 Å². The lowest BCUT2D eigenvalue weighted by molar-refractivity contribution is 0.0861. The highest BCUT2D eigenvalue weighted by Gasteiger charge is 2.16. The van der Waals surface area contributed by atoms with E-state index < -0.39 is 18.0 Å². The summed E-state index contributed by atoms with van der Waals surface area (Å²) < 4.78 is 47.2. The van der Waals surface area contributed by atoms with Gasteiger partial charge in [-0.15, -0.1) is 0 Å². The minimum Gasteiger partial charge on any atom is -0.461 e. The number of nitrogens with zero attached hydrogens (tertiary/aromatic N) is 4. The Labute approximate surface area is 169 Å². The summed E-state index contributed by atoms with van der Waals surface area (Å²) in [6.45, 7) is 2.93. The normalized spacial score (nSPS) is 12.2. The van der Waals surface area contributed by atoms with E-state index in [-0.39, 0.29) is 22.8 Å². The van der Waals surface area contributed by atoms with Crippen molar-refractivity contribution in [3.8, 4) is 11.6 Å². The van der Waals surface area contributed by atoms with Gasteiger partial charge in [0.05, 0.1) is 5.52 Å². The van der Waals surface area contributed by atoms with Crippen molar-refractivity contribution in [1.82, 2.24) is 19.5 Å². The van der Waals surface area contributed by atoms with E-state index in [0.29, 0.717) is 23.1 Å². The van der Waals surface area contributed by atoms with Crippen LogP contribution in [0.15, 0.2) is 42.5 Å². The van der Waals surface area contributed by atoms with Crippen molar-refractivity contribution in [2.45, 2.75) is 20.2 Å². The van der Waals surface area contributed by atoms with Gasteiger partial charge < -0.3 is 15.8 Å². The van der Waals surface area contributed by atoms with Crippen LogP contribution in [0.2, 0.25) is 0 Å². The van der Waals surface area contributed by atoms with E-state index in [4.69, 9.17) is 10.5 Å². The second-order valence-electron chi connectivity index (χ2n) is 6.53. The molecule has 2 aromatic heterocycles. The number of ether oxygens (including phenoxy) is 1. The number of hydrogen-bond acceptors (Lipinski definition) is 6. The number of halogens is 3. The van der Waals surface area contributed by atoms with Gasteiger partial charge in [0.2, 0.25) is 12.3 Å². The molecule has 30 heavy (non-hydrogen) atoms. The number of hydrogen-bond donors (Lipinski definition) is 2. The van der Waals surface area contributed by atoms with Gasteiger partial charge in [-0.2, -0.15) is 9.97 Å². The molecule has 3 N–H and O–H groups in total. The number of aromatic nitrogens is 4. The number of nitrogens with one attached hydrogen (secondary N) is 1. The summed E-state index contributed by atoms with van der Waals surface area (Å²) in [6.07, 6.45) is -1.42. The molecule has 4 rings (SSSR count). The molecule has 154 valence electrons. The quantitative estimate of drug-likeness (QED) is 0.502. The molecule has 0 aliphatic heterocycles. The minimum atomic E-state index is -1.42. The van der Waals surface area contributed by atoms with Gasteiger partial charge >= 0.3 is 0 Å². The number of imidazole rings is 1. The van der Waals surface area contributed by atoms with Crippen LogP contribution in [0.4, 0.5) is 30.6 Å². The van der Waals surface area contributed by atoms with E-state index in [1.54, 1.807) is 31.2 Å². The van der Waals surface area contributed by atoms with Crippen molar-refractivity contribution < 1.29 is 17.9 Å². The second-order valence-corrected chi connectivity index (χ2v) is 6.53. The van der Waals surface area contributed by atoms with Gasteiger partial charge in [0.1, 0.15) is 34.5 Å². The van der Waals surface area contributed by atoms with E-state index in [1.165, 1.54) is 23.6 Å². The second kappa shape index (κ2) is 7.54. The van der Waals surface area contributed by atoms with Gasteiger partial charge in [0.25, 0.3) is 0 Å². The number of nitrogen functional groups attached to an aromatic ring is 1. The Bertz CT molecular complexity index is 1220. The first-order valence-electron chi connectivity index (χ1n) is 8.97. The van der Waals surface area contributed by atoms with E-state index in [2.05, 4.69) is 20.3 Å². The maximum absolute atomic E-state index is 14.1. The van der Waals surface area contributed by atoms with Crippen LogP contribution >= 0.6 is 0 Å². The summed E-state index contributed by atoms with van der Waals surface area (Å²) in [5, 5.41) is 2.98. The van der Waals surface area contributed by atoms with Crippen LogP contribution in [0.1, 0.15) is 12.7 Å². The van der Waals surface area contributed by atoms with Gasteiger partial charge in [-0.25, -0.2) is 18.2 Å². The van der Waals surface area contributed by atoms with Gasteiger partial charge in [-0.1, -0.05) is 0 Å². The van der Waals surface area contributed by atoms with Gasteiger partial charge in [-0.3, -0.25) is 4.57 Å². The van der Waals surface area contributed by atoms with E-state index in [0.717, 1.165) is 6.07 Å². The van der Waals surface area contributed by atoms with Crippen molar-refractivity contribution in [2.24, 2.45) is 0 Å². The van der Waals surface area contributed by atoms with Gasteiger partial charge in [0, 0.05) is 30.8 Å². The molecule has 4 aromatic rings. The monoisotopic (exact) mass is 414 g/mol. The number of anilines is 3. The van der Waals surface area contributed by atoms with Crippen molar-refractivity contribution in [2.75, 3.05) is 11.1 Å². The van der Waals surface area contributed by atoms with Crippen LogP contribution < -0.4 is 15.8 Å². The largest absolute Gasteiger partial charge is 0.461 e. The highest BCUT2D eigenvalue weighted by Crippen LogP contribution is 2.26. The summed E-state index contributed by atoms with van der Waals surface area (Å²) in [5.74, 6) is -0.123. The Kier molecular flexibility index (Phi) is 4.90. The summed E-state index contributed by atoms with van der Waals surface area (Å²) in [4.78, 5) is 12.7. The van der Waals surface area contributed by atoms with Crippen molar-refractivity contribution >= 4 is 28.5 Å². The fourth-order valence-corrected chi connectivity index (χ4v) is 3.07. The Morgan fingerprint density at radius 1 is 1.07 bits per heavy atom. The predicted molar refractivity (Wildman–Crippen MR) is 107 cm³/mol. The van der Waals surface area contributed by atoms with Crippen molar-refractivity contribution in [3.05, 3.63) is 59.9 Å². The van der Waals surface area contributed by atoms with Crippen LogP contribution in [0.25, 0.3) is 16.9 Å². The average molecular weight is 414 g/mol. The third-order valence-electron chi connectivity index (χ3n) is 4.22. The number of alkyl halides is 1. The zero-order valence-electron chi connectivity index (χ0n) is 16.0. The summed E-state index contributed by atoms with van der Waals surface area (Å²) in [7, 11) is 0. The average Bonchev–Trinajstić information content (AvgIpc) is 2.99. The summed E-state index contributed by atoms with van der Waals surface area (Å²) >= 11 is 0. The summed E-state index contributed by atoms with van der Waals surface area (Å²) in [6, 6.07) is 9.92. The number of aryl methyl sites for hydroxylation is 1. The molecule has 0 spiro atoms. The fraction of sp³-hybridized carbons (Fsp3) is 0.150. The molecule has 0 bridgehead atoms. The van der Waals surface area contributed by atoms with Crippen LogP contribution in [0.5, 0.6) is 5.75 Å². The Hall–Kier alpha value is -3.82. The van der Waals surface area contributed by atoms with Gasteiger partial charge in [0.15, 0.2) is 5.82 Å². The number of benzene rings is 2. The number of rotatable bonds is 5. The molecular formula is C20H17F3N6O. The van der Waals surface area contributed by atoms with E-state index in [9.17, 15) is 13.2 Å². The first-order chi connectivity index (χ1) is 14.3. The topological polar surface area (TPSA) is 90.9 Å². The first-order valence-corrected chi connectivity index (χ1v) is 8.97. The van der Waals surface area contributed by atoms with Crippen molar-refractivity contribution in [1.29, 1.82) is 0 Å². The molecular weight excluding hydrogens is 397 g/mol. The molecule has 0 amide bonds. The molecule has 2 heterocycles. The molecule has 1 unspecified atom stereocenters. The Morgan fingerprint density at radius 3 is 2.50 bits per heavy atom. The molecule has 0 aliphatic carbocycles. The Morgan fingerprint density at radius 2 is 1.80 bits per heavy atom. The molecule has 0 radical (unpaired) electrons. The molecule has 0 aliphatic rings. The number of fused-ring (bicyclic) bond motifs is 1. The zero-order valence-corrected chi connectivity index (χ0v) is 16.0. The fourth-order valence-electron chi connectivity index (χ4n) is 3.07. The first kappa shape index (κ1) is 19.5. The lowest BCUT2D eigenvalue weighted by Crippen LogP contribution is -2.07. The SMILES string of the molecule is Cc1nc2c(F)cc(F)cc2n1-c1cc(N)nc(Nc2ccc(OC(C)F)cc2)n1. The van der Waals surface area contributed by atoms with Crippen LogP contribution in [-0.4, -0.2) is 25.9 Å². The van der Waals surface area contributed by atoms with Crippen LogP contribution in [-0.2, 0) is 0 Å². The van der Waals surface area contributed by atoms with E-state index in [1.807, 2.05) is 0 Å². The van der Waals surface area contributed by atoms with Crippen LogP contribution in [0, 0.1) is 18.6 Å². The van der Waals surface area contributed by atoms with Crippen LogP contribution in [0.3, 0.4) is 0 Å². The lowest BCUT2D eigenvalue weighted by Gasteiger charge is -2.11. The molecule has 10 heteroatoms. The molecule has 1 atom stereocenters. The predicted octanol–water partition coefficient (Wildman–Crippen LogP) is 4.42. The molecule has 7 nitrogen and oxygen atoms in total. The molecule has 0 saturated heterocycles. The minimum absolute atomic E-state index is 0.0262. The molecule has 0 fully saturated rings. The number of nitrogens with two attached hydrogens (primary N) is 1. The smallest absolute Gasteiger partial charge is 0.235 e. The lowest BCUT2D eigenvalue weighted by atomic mass is 10.3. The third kappa shape index (κ3) is 3.84. The highest BCUT2D eigenvalue weighted by atomic mass is 19.1. The highest BCUT2D eigenvalue weighted by molar-refractivity contribution is 5.79. The van der Waals surface area contributed by atoms with E-state index >= 15 is 0 Å². The Balaban J connectivity index is 1.71. The third-order valence-corrected chi connectivity index (χ3v) is 4.22. The standard InChI is InChI=1S/C20H17F3N6O/c1-10(21)30-14-5-3-13(4-6-14)26-20-27-17(24)9-18(28-20)29-11(2)25-19-15(23)7-12(22)8-16(19)29/h3-10H,1-2H3,(H3,24,26,27,28).